The van der Waals surface area contributed by atoms with Crippen molar-refractivity contribution in [2.45, 2.75) is 46.1 Å². The average molecular weight is 374 g/mol. The summed E-state index contributed by atoms with van der Waals surface area (Å²) in [7, 11) is 1.55. The summed E-state index contributed by atoms with van der Waals surface area (Å²) >= 11 is 0. The van der Waals surface area contributed by atoms with Gasteiger partial charge in [0, 0.05) is 19.4 Å². The van der Waals surface area contributed by atoms with Crippen LogP contribution in [0, 0.1) is 0 Å². The molecule has 0 saturated heterocycles. The summed E-state index contributed by atoms with van der Waals surface area (Å²) in [5, 5.41) is 2.94. The van der Waals surface area contributed by atoms with Crippen LogP contribution in [-0.2, 0) is 19.7 Å². The summed E-state index contributed by atoms with van der Waals surface area (Å²) in [5.41, 5.74) is 3.14. The van der Waals surface area contributed by atoms with Gasteiger partial charge in [0.15, 0.2) is 0 Å². The molecule has 0 saturated carbocycles. The van der Waals surface area contributed by atoms with Crippen molar-refractivity contribution in [2.24, 2.45) is 0 Å². The lowest BCUT2D eigenvalue weighted by molar-refractivity contribution is -0.140. The van der Waals surface area contributed by atoms with Gasteiger partial charge in [0.25, 0.3) is 0 Å². The van der Waals surface area contributed by atoms with Crippen molar-refractivity contribution in [1.82, 2.24) is 10.2 Å². The van der Waals surface area contributed by atoms with Gasteiger partial charge in [0.1, 0.15) is 6.61 Å². The Kier molecular flexibility index (Phi) is 6.65. The van der Waals surface area contributed by atoms with Crippen LogP contribution in [0.1, 0.15) is 51.8 Å². The molecule has 6 heteroatoms. The summed E-state index contributed by atoms with van der Waals surface area (Å²) in [6.07, 6.45) is 0. The Bertz CT molecular complexity index is 717. The molecule has 27 heavy (non-hydrogen) atoms. The lowest BCUT2D eigenvalue weighted by atomic mass is 9.85. The highest BCUT2D eigenvalue weighted by molar-refractivity contribution is 5.95. The van der Waals surface area contributed by atoms with E-state index < -0.39 is 12.0 Å². The molecule has 1 aliphatic rings. The largest absolute Gasteiger partial charge is 0.460 e. The fraction of sp³-hybridized carbons (Fsp3) is 0.524. The summed E-state index contributed by atoms with van der Waals surface area (Å²) in [4.78, 5) is 26.8. The van der Waals surface area contributed by atoms with Gasteiger partial charge < -0.3 is 14.8 Å². The number of hydrogen-bond donors (Lipinski definition) is 1. The van der Waals surface area contributed by atoms with Gasteiger partial charge in [-0.2, -0.15) is 0 Å². The van der Waals surface area contributed by atoms with Crippen LogP contribution in [-0.4, -0.2) is 43.8 Å². The maximum absolute atomic E-state index is 12.7. The maximum Gasteiger partial charge on any atom is 0.338 e. The number of urea groups is 1. The zero-order valence-corrected chi connectivity index (χ0v) is 17.1. The first kappa shape index (κ1) is 21.0. The van der Waals surface area contributed by atoms with Crippen molar-refractivity contribution >= 4 is 12.0 Å². The summed E-state index contributed by atoms with van der Waals surface area (Å²) in [6, 6.07) is 7.25. The van der Waals surface area contributed by atoms with Crippen molar-refractivity contribution in [1.29, 1.82) is 0 Å². The first-order valence-corrected chi connectivity index (χ1v) is 9.26. The van der Waals surface area contributed by atoms with E-state index in [2.05, 4.69) is 26.1 Å². The molecule has 2 rings (SSSR count). The smallest absolute Gasteiger partial charge is 0.338 e. The van der Waals surface area contributed by atoms with Gasteiger partial charge in [-0.15, -0.1) is 0 Å². The Labute approximate surface area is 161 Å². The van der Waals surface area contributed by atoms with Crippen molar-refractivity contribution in [3.8, 4) is 0 Å². The number of benzene rings is 1. The van der Waals surface area contributed by atoms with Crippen molar-refractivity contribution < 1.29 is 19.1 Å². The molecule has 0 fully saturated rings. The molecule has 0 aromatic heterocycles. The number of allylic oxidation sites excluding steroid dienone is 1. The predicted molar refractivity (Wildman–Crippen MR) is 104 cm³/mol. The average Bonchev–Trinajstić information content (AvgIpc) is 2.61. The third kappa shape index (κ3) is 4.69. The highest BCUT2D eigenvalue weighted by atomic mass is 16.6. The number of carbonyl (C=O) groups is 2. The number of nitrogens with zero attached hydrogens (tertiary/aromatic N) is 1. The minimum atomic E-state index is -0.538. The molecule has 1 aromatic rings. The first-order chi connectivity index (χ1) is 12.7. The number of nitrogens with one attached hydrogen (secondary N) is 1. The Morgan fingerprint density at radius 2 is 1.81 bits per heavy atom. The Balaban J connectivity index is 2.40. The van der Waals surface area contributed by atoms with Crippen LogP contribution in [0.2, 0.25) is 0 Å². The number of methoxy groups -OCH3 is 1. The SMILES string of the molecule is CCN1C(=O)NC(c2ccc(C(C)(C)C)cc2)C(C(=O)OCCOC)=C1C. The van der Waals surface area contributed by atoms with Gasteiger partial charge in [-0.3, -0.25) is 4.90 Å². The second-order valence-corrected chi connectivity index (χ2v) is 7.63. The van der Waals surface area contributed by atoms with Gasteiger partial charge in [-0.05, 0) is 30.4 Å². The minimum absolute atomic E-state index is 0.0288. The number of esters is 1. The molecule has 1 aliphatic heterocycles. The molecule has 0 spiro atoms. The summed E-state index contributed by atoms with van der Waals surface area (Å²) in [5.74, 6) is -0.437. The second kappa shape index (κ2) is 8.57. The van der Waals surface area contributed by atoms with E-state index in [9.17, 15) is 9.59 Å². The molecule has 148 valence electrons. The van der Waals surface area contributed by atoms with Crippen LogP contribution < -0.4 is 5.32 Å². The number of ether oxygens (including phenoxy) is 2. The normalized spacial score (nSPS) is 17.8. The molecule has 1 atom stereocenters. The maximum atomic E-state index is 12.7. The van der Waals surface area contributed by atoms with E-state index in [1.165, 1.54) is 5.56 Å². The quantitative estimate of drug-likeness (QED) is 0.611. The number of amides is 2. The molecule has 1 heterocycles. The van der Waals surface area contributed by atoms with Crippen molar-refractivity contribution in [3.05, 3.63) is 46.7 Å². The fourth-order valence-corrected chi connectivity index (χ4v) is 3.15. The van der Waals surface area contributed by atoms with E-state index in [0.717, 1.165) is 5.56 Å². The molecule has 6 nitrogen and oxygen atoms in total. The molecule has 1 unspecified atom stereocenters. The van der Waals surface area contributed by atoms with Crippen LogP contribution in [0.4, 0.5) is 4.79 Å². The molecule has 0 bridgehead atoms. The lowest BCUT2D eigenvalue weighted by Crippen LogP contribution is -2.48. The van der Waals surface area contributed by atoms with Crippen LogP contribution in [0.25, 0.3) is 0 Å². The van der Waals surface area contributed by atoms with Crippen molar-refractivity contribution in [2.75, 3.05) is 26.9 Å². The number of rotatable bonds is 6. The Morgan fingerprint density at radius 3 is 2.33 bits per heavy atom. The lowest BCUT2D eigenvalue weighted by Gasteiger charge is -2.35. The van der Waals surface area contributed by atoms with Crippen LogP contribution in [0.15, 0.2) is 35.5 Å². The van der Waals surface area contributed by atoms with E-state index in [1.54, 1.807) is 18.9 Å². The van der Waals surface area contributed by atoms with Crippen molar-refractivity contribution in [3.63, 3.8) is 0 Å². The Morgan fingerprint density at radius 1 is 1.19 bits per heavy atom. The minimum Gasteiger partial charge on any atom is -0.460 e. The van der Waals surface area contributed by atoms with Crippen LogP contribution >= 0.6 is 0 Å². The fourth-order valence-electron chi connectivity index (χ4n) is 3.15. The second-order valence-electron chi connectivity index (χ2n) is 7.63. The zero-order chi connectivity index (χ0) is 20.2. The van der Waals surface area contributed by atoms with Gasteiger partial charge in [-0.25, -0.2) is 9.59 Å². The highest BCUT2D eigenvalue weighted by Crippen LogP contribution is 2.32. The molecule has 0 aliphatic carbocycles. The van der Waals surface area contributed by atoms with E-state index in [-0.39, 0.29) is 18.1 Å². The molecule has 1 N–H and O–H groups in total. The van der Waals surface area contributed by atoms with Gasteiger partial charge in [0.05, 0.1) is 18.2 Å². The molecular weight excluding hydrogens is 344 g/mol. The standard InChI is InChI=1S/C21H30N2O4/c1-7-23-14(2)17(19(24)27-13-12-26-6)18(22-20(23)25)15-8-10-16(11-9-15)21(3,4)5/h8-11,18H,7,12-13H2,1-6H3,(H,22,25). The van der Waals surface area contributed by atoms with E-state index in [4.69, 9.17) is 9.47 Å². The van der Waals surface area contributed by atoms with E-state index >= 15 is 0 Å². The third-order valence-corrected chi connectivity index (χ3v) is 4.76. The van der Waals surface area contributed by atoms with Gasteiger partial charge >= 0.3 is 12.0 Å². The first-order valence-electron chi connectivity index (χ1n) is 9.26. The zero-order valence-electron chi connectivity index (χ0n) is 17.1. The molecule has 2 amide bonds. The van der Waals surface area contributed by atoms with Gasteiger partial charge in [0.2, 0.25) is 0 Å². The molecule has 0 radical (unpaired) electrons. The molecule has 1 aromatic carbocycles. The number of carbonyl (C=O) groups excluding carboxylic acids is 2. The van der Waals surface area contributed by atoms with E-state index in [1.807, 2.05) is 31.2 Å². The Hall–Kier alpha value is -2.34. The third-order valence-electron chi connectivity index (χ3n) is 4.76. The van der Waals surface area contributed by atoms with Crippen LogP contribution in [0.3, 0.4) is 0 Å². The number of hydrogen-bond acceptors (Lipinski definition) is 4. The van der Waals surface area contributed by atoms with E-state index in [0.29, 0.717) is 24.4 Å². The topological polar surface area (TPSA) is 67.9 Å². The summed E-state index contributed by atoms with van der Waals surface area (Å²) in [6.45, 7) is 11.1. The summed E-state index contributed by atoms with van der Waals surface area (Å²) < 4.78 is 10.3. The van der Waals surface area contributed by atoms with Crippen LogP contribution in [0.5, 0.6) is 0 Å². The molecular formula is C21H30N2O4. The monoisotopic (exact) mass is 374 g/mol. The highest BCUT2D eigenvalue weighted by Gasteiger charge is 2.36. The predicted octanol–water partition coefficient (Wildman–Crippen LogP) is 3.53. The van der Waals surface area contributed by atoms with Gasteiger partial charge in [-0.1, -0.05) is 45.0 Å².